The van der Waals surface area contributed by atoms with Crippen LogP contribution in [0.2, 0.25) is 0 Å². The lowest BCUT2D eigenvalue weighted by Gasteiger charge is -2.32. The summed E-state index contributed by atoms with van der Waals surface area (Å²) in [4.78, 5) is 13.8. The molecule has 3 rings (SSSR count). The van der Waals surface area contributed by atoms with E-state index in [1.54, 1.807) is 25.1 Å². The van der Waals surface area contributed by atoms with E-state index >= 15 is 0 Å². The molecule has 0 bridgehead atoms. The Morgan fingerprint density at radius 3 is 2.34 bits per heavy atom. The zero-order valence-electron chi connectivity index (χ0n) is 17.4. The van der Waals surface area contributed by atoms with Crippen molar-refractivity contribution in [3.63, 3.8) is 0 Å². The average molecular weight is 410 g/mol. The lowest BCUT2D eigenvalue weighted by Crippen LogP contribution is -2.26. The first-order chi connectivity index (χ1) is 13.8. The number of hydrogen-bond acceptors (Lipinski definition) is 6. The molecule has 1 heterocycles. The van der Waals surface area contributed by atoms with Gasteiger partial charge in [-0.25, -0.2) is 0 Å². The van der Waals surface area contributed by atoms with E-state index in [0.717, 1.165) is 17.4 Å². The highest BCUT2D eigenvalue weighted by Crippen LogP contribution is 2.37. The first-order valence-electron chi connectivity index (χ1n) is 9.48. The minimum Gasteiger partial charge on any atom is -0.359 e. The molecule has 2 aromatic carbocycles. The first-order valence-corrected chi connectivity index (χ1v) is 10.2. The molecular formula is C22H27N5OS. The zero-order chi connectivity index (χ0) is 21.0. The summed E-state index contributed by atoms with van der Waals surface area (Å²) in [6, 6.07) is 17.8. The second-order valence-electron chi connectivity index (χ2n) is 8.22. The van der Waals surface area contributed by atoms with Crippen LogP contribution >= 0.6 is 11.7 Å². The lowest BCUT2D eigenvalue weighted by atomic mass is 9.82. The van der Waals surface area contributed by atoms with Gasteiger partial charge in [-0.1, -0.05) is 57.2 Å². The average Bonchev–Trinajstić information content (AvgIpc) is 3.12. The maximum Gasteiger partial charge on any atom is 0.253 e. The van der Waals surface area contributed by atoms with Crippen LogP contribution in [0.1, 0.15) is 42.7 Å². The molecule has 0 radical (unpaired) electrons. The molecular weight excluding hydrogens is 382 g/mol. The Hall–Kier alpha value is -2.93. The van der Waals surface area contributed by atoms with Gasteiger partial charge in [0.05, 0.1) is 17.8 Å². The van der Waals surface area contributed by atoms with Gasteiger partial charge in [0.25, 0.3) is 5.91 Å². The van der Waals surface area contributed by atoms with Gasteiger partial charge in [-0.3, -0.25) is 4.79 Å². The van der Waals surface area contributed by atoms with Gasteiger partial charge in [0.15, 0.2) is 11.6 Å². The van der Waals surface area contributed by atoms with Crippen molar-refractivity contribution in [3.05, 3.63) is 65.7 Å². The Kier molecular flexibility index (Phi) is 6.17. The minimum absolute atomic E-state index is 0.0275. The van der Waals surface area contributed by atoms with Crippen molar-refractivity contribution in [2.45, 2.75) is 26.8 Å². The molecule has 0 aliphatic carbocycles. The molecule has 6 nitrogen and oxygen atoms in total. The van der Waals surface area contributed by atoms with Crippen molar-refractivity contribution in [2.75, 3.05) is 24.7 Å². The second-order valence-corrected chi connectivity index (χ2v) is 8.75. The molecule has 3 aromatic rings. The normalized spacial score (nSPS) is 12.3. The molecule has 0 saturated carbocycles. The fourth-order valence-electron chi connectivity index (χ4n) is 3.07. The van der Waals surface area contributed by atoms with Crippen molar-refractivity contribution < 1.29 is 4.79 Å². The Balaban J connectivity index is 1.84. The lowest BCUT2D eigenvalue weighted by molar-refractivity contribution is 0.0827. The van der Waals surface area contributed by atoms with Gasteiger partial charge in [-0.15, -0.1) is 0 Å². The maximum absolute atomic E-state index is 12.2. The number of benzene rings is 2. The third-order valence-corrected chi connectivity index (χ3v) is 5.08. The fraction of sp³-hybridized carbons (Fsp3) is 0.318. The second kappa shape index (κ2) is 8.61. The van der Waals surface area contributed by atoms with Gasteiger partial charge in [-0.2, -0.15) is 8.75 Å². The molecule has 0 saturated heterocycles. The van der Waals surface area contributed by atoms with Crippen LogP contribution < -0.4 is 10.6 Å². The van der Waals surface area contributed by atoms with Crippen LogP contribution in [0.15, 0.2) is 54.6 Å². The van der Waals surface area contributed by atoms with Crippen molar-refractivity contribution in [1.29, 1.82) is 0 Å². The standard InChI is InChI=1S/C22H27N5OS/c1-22(2,3)18(15-10-7-6-8-11-15)24-20-19(25-29-26-20)23-17-13-9-12-16(14-17)21(28)27(4)5/h6-14,18H,1-5H3,(H,23,25)(H,24,26). The summed E-state index contributed by atoms with van der Waals surface area (Å²) in [5, 5.41) is 6.86. The number of anilines is 3. The summed E-state index contributed by atoms with van der Waals surface area (Å²) in [5.41, 5.74) is 2.58. The zero-order valence-corrected chi connectivity index (χ0v) is 18.2. The van der Waals surface area contributed by atoms with Crippen molar-refractivity contribution in [1.82, 2.24) is 13.6 Å². The van der Waals surface area contributed by atoms with E-state index in [0.29, 0.717) is 17.2 Å². The molecule has 0 aliphatic rings. The topological polar surface area (TPSA) is 70.2 Å². The minimum atomic E-state index is -0.0414. The molecule has 1 atom stereocenters. The van der Waals surface area contributed by atoms with Gasteiger partial charge in [-0.05, 0) is 29.2 Å². The van der Waals surface area contributed by atoms with E-state index in [4.69, 9.17) is 0 Å². The van der Waals surface area contributed by atoms with E-state index < -0.39 is 0 Å². The van der Waals surface area contributed by atoms with Crippen LogP contribution in [-0.4, -0.2) is 33.6 Å². The van der Waals surface area contributed by atoms with E-state index in [9.17, 15) is 4.79 Å². The van der Waals surface area contributed by atoms with Gasteiger partial charge < -0.3 is 15.5 Å². The van der Waals surface area contributed by atoms with Crippen LogP contribution in [0.5, 0.6) is 0 Å². The summed E-state index contributed by atoms with van der Waals surface area (Å²) in [7, 11) is 3.48. The predicted octanol–water partition coefficient (Wildman–Crippen LogP) is 5.18. The molecule has 0 fully saturated rings. The van der Waals surface area contributed by atoms with Crippen LogP contribution in [0.4, 0.5) is 17.3 Å². The fourth-order valence-corrected chi connectivity index (χ4v) is 3.55. The molecule has 152 valence electrons. The summed E-state index contributed by atoms with van der Waals surface area (Å²) in [6.07, 6.45) is 0. The number of aromatic nitrogens is 2. The number of nitrogens with one attached hydrogen (secondary N) is 2. The highest BCUT2D eigenvalue weighted by atomic mass is 32.1. The van der Waals surface area contributed by atoms with Crippen molar-refractivity contribution >= 4 is 35.0 Å². The van der Waals surface area contributed by atoms with Gasteiger partial charge in [0.2, 0.25) is 0 Å². The van der Waals surface area contributed by atoms with E-state index in [-0.39, 0.29) is 17.4 Å². The van der Waals surface area contributed by atoms with Crippen molar-refractivity contribution in [3.8, 4) is 0 Å². The SMILES string of the molecule is CN(C)C(=O)c1cccc(Nc2nsnc2NC(c2ccccc2)C(C)(C)C)c1. The third kappa shape index (κ3) is 5.12. The largest absolute Gasteiger partial charge is 0.359 e. The van der Waals surface area contributed by atoms with Crippen LogP contribution in [-0.2, 0) is 0 Å². The monoisotopic (exact) mass is 409 g/mol. The van der Waals surface area contributed by atoms with Crippen LogP contribution in [0.25, 0.3) is 0 Å². The molecule has 7 heteroatoms. The summed E-state index contributed by atoms with van der Waals surface area (Å²) >= 11 is 1.15. The highest BCUT2D eigenvalue weighted by Gasteiger charge is 2.28. The smallest absolute Gasteiger partial charge is 0.253 e. The molecule has 0 aliphatic heterocycles. The molecule has 1 amide bonds. The molecule has 0 spiro atoms. The number of hydrogen-bond donors (Lipinski definition) is 2. The summed E-state index contributed by atoms with van der Waals surface area (Å²) in [5.74, 6) is 1.30. The molecule has 1 unspecified atom stereocenters. The summed E-state index contributed by atoms with van der Waals surface area (Å²) < 4.78 is 8.87. The Bertz CT molecular complexity index is 963. The van der Waals surface area contributed by atoms with E-state index in [2.05, 4.69) is 52.3 Å². The van der Waals surface area contributed by atoms with Gasteiger partial charge >= 0.3 is 0 Å². The number of rotatable bonds is 6. The quantitative estimate of drug-likeness (QED) is 0.587. The Labute approximate surface area is 176 Å². The van der Waals surface area contributed by atoms with Crippen LogP contribution in [0.3, 0.4) is 0 Å². The number of nitrogens with zero attached hydrogens (tertiary/aromatic N) is 3. The first kappa shape index (κ1) is 20.8. The molecule has 29 heavy (non-hydrogen) atoms. The third-order valence-electron chi connectivity index (χ3n) is 4.55. The summed E-state index contributed by atoms with van der Waals surface area (Å²) in [6.45, 7) is 6.59. The molecule has 1 aromatic heterocycles. The number of amides is 1. The van der Waals surface area contributed by atoms with E-state index in [1.807, 2.05) is 36.4 Å². The Morgan fingerprint density at radius 1 is 1.00 bits per heavy atom. The molecule has 2 N–H and O–H groups in total. The maximum atomic E-state index is 12.2. The van der Waals surface area contributed by atoms with Crippen LogP contribution in [0, 0.1) is 5.41 Å². The number of carbonyl (C=O) groups is 1. The van der Waals surface area contributed by atoms with Gasteiger partial charge in [0, 0.05) is 25.3 Å². The highest BCUT2D eigenvalue weighted by molar-refractivity contribution is 6.99. The Morgan fingerprint density at radius 2 is 1.69 bits per heavy atom. The van der Waals surface area contributed by atoms with Gasteiger partial charge in [0.1, 0.15) is 0 Å². The predicted molar refractivity (Wildman–Crippen MR) is 120 cm³/mol. The number of carbonyl (C=O) groups excluding carboxylic acids is 1. The van der Waals surface area contributed by atoms with E-state index in [1.165, 1.54) is 5.56 Å². The van der Waals surface area contributed by atoms with Crippen molar-refractivity contribution in [2.24, 2.45) is 5.41 Å².